The van der Waals surface area contributed by atoms with Crippen LogP contribution in [0, 0.1) is 5.92 Å². The van der Waals surface area contributed by atoms with Gasteiger partial charge in [0.1, 0.15) is 0 Å². The molecule has 2 aliphatic heterocycles. The molecule has 4 nitrogen and oxygen atoms in total. The molecule has 0 amide bonds. The molecule has 0 radical (unpaired) electrons. The van der Waals surface area contributed by atoms with Gasteiger partial charge in [0, 0.05) is 37.8 Å². The minimum Gasteiger partial charge on any atom is -0.395 e. The molecular weight excluding hydrogens is 361 g/mol. The molecule has 8 heteroatoms. The third-order valence-corrected chi connectivity index (χ3v) is 4.92. The summed E-state index contributed by atoms with van der Waals surface area (Å²) in [6, 6.07) is 5.39. The summed E-state index contributed by atoms with van der Waals surface area (Å²) in [5.74, 6) is 0.896. The number of hydrogen-bond acceptors (Lipinski definition) is 4. The number of piperazine rings is 1. The van der Waals surface area contributed by atoms with Crippen LogP contribution >= 0.6 is 24.8 Å². The van der Waals surface area contributed by atoms with Gasteiger partial charge in [0.15, 0.2) is 11.5 Å². The maximum Gasteiger partial charge on any atom is 0.586 e. The van der Waals surface area contributed by atoms with Crippen molar-refractivity contribution in [1.29, 1.82) is 0 Å². The van der Waals surface area contributed by atoms with Gasteiger partial charge in [0.25, 0.3) is 0 Å². The molecule has 3 aliphatic rings. The van der Waals surface area contributed by atoms with Crippen LogP contribution in [0.15, 0.2) is 18.2 Å². The van der Waals surface area contributed by atoms with Gasteiger partial charge < -0.3 is 14.8 Å². The van der Waals surface area contributed by atoms with Crippen LogP contribution in [0.5, 0.6) is 11.5 Å². The number of rotatable bonds is 3. The molecule has 0 unspecified atom stereocenters. The van der Waals surface area contributed by atoms with Crippen molar-refractivity contribution < 1.29 is 18.3 Å². The van der Waals surface area contributed by atoms with Crippen LogP contribution in [0.2, 0.25) is 0 Å². The van der Waals surface area contributed by atoms with Crippen molar-refractivity contribution in [2.75, 3.05) is 26.2 Å². The molecule has 0 aromatic heterocycles. The number of fused-ring (bicyclic) bond motifs is 1. The Morgan fingerprint density at radius 2 is 1.83 bits per heavy atom. The molecule has 4 rings (SSSR count). The summed E-state index contributed by atoms with van der Waals surface area (Å²) in [5.41, 5.74) is 0.848. The molecule has 136 valence electrons. The van der Waals surface area contributed by atoms with Crippen LogP contribution in [0.25, 0.3) is 0 Å². The number of hydrogen-bond donors (Lipinski definition) is 1. The Kier molecular flexibility index (Phi) is 6.18. The number of halogens is 4. The van der Waals surface area contributed by atoms with Crippen LogP contribution in [0.4, 0.5) is 8.78 Å². The molecule has 1 aromatic rings. The summed E-state index contributed by atoms with van der Waals surface area (Å²) in [5, 5.41) is 3.34. The summed E-state index contributed by atoms with van der Waals surface area (Å²) in [7, 11) is 0. The number of nitrogens with one attached hydrogen (secondary N) is 1. The molecule has 0 spiro atoms. The highest BCUT2D eigenvalue weighted by atomic mass is 35.5. The first-order valence-corrected chi connectivity index (χ1v) is 7.97. The van der Waals surface area contributed by atoms with Gasteiger partial charge in [-0.2, -0.15) is 0 Å². The summed E-state index contributed by atoms with van der Waals surface area (Å²) in [4.78, 5) is 2.40. The fourth-order valence-electron chi connectivity index (χ4n) is 3.69. The minimum absolute atomic E-state index is 0. The highest BCUT2D eigenvalue weighted by Gasteiger charge is 2.46. The molecule has 1 saturated carbocycles. The monoisotopic (exact) mass is 382 g/mol. The number of benzene rings is 1. The van der Waals surface area contributed by atoms with Gasteiger partial charge in [-0.1, -0.05) is 18.6 Å². The smallest absolute Gasteiger partial charge is 0.395 e. The first kappa shape index (κ1) is 19.5. The van der Waals surface area contributed by atoms with E-state index in [-0.39, 0.29) is 42.4 Å². The lowest BCUT2D eigenvalue weighted by molar-refractivity contribution is -0.287. The van der Waals surface area contributed by atoms with Crippen molar-refractivity contribution in [3.63, 3.8) is 0 Å². The van der Waals surface area contributed by atoms with Crippen LogP contribution in [-0.2, 0) is 0 Å². The lowest BCUT2D eigenvalue weighted by atomic mass is 9.76. The third kappa shape index (κ3) is 3.57. The molecule has 24 heavy (non-hydrogen) atoms. The average Bonchev–Trinajstić information content (AvgIpc) is 2.77. The summed E-state index contributed by atoms with van der Waals surface area (Å²) in [6.45, 7) is 3.74. The van der Waals surface area contributed by atoms with Crippen LogP contribution < -0.4 is 14.8 Å². The number of ether oxygens (including phenoxy) is 2. The van der Waals surface area contributed by atoms with E-state index in [0.29, 0.717) is 5.92 Å². The quantitative estimate of drug-likeness (QED) is 0.865. The minimum atomic E-state index is -3.55. The van der Waals surface area contributed by atoms with Crippen LogP contribution in [-0.4, -0.2) is 37.4 Å². The molecule has 0 bridgehead atoms. The molecule has 1 aromatic carbocycles. The normalized spacial score (nSPS) is 23.6. The Morgan fingerprint density at radius 3 is 2.46 bits per heavy atom. The second kappa shape index (κ2) is 7.60. The fourth-order valence-corrected chi connectivity index (χ4v) is 3.69. The zero-order chi connectivity index (χ0) is 15.2. The van der Waals surface area contributed by atoms with E-state index in [1.165, 1.54) is 6.42 Å². The zero-order valence-corrected chi connectivity index (χ0v) is 14.8. The lowest BCUT2D eigenvalue weighted by Gasteiger charge is -2.43. The lowest BCUT2D eigenvalue weighted by Crippen LogP contribution is -2.47. The Morgan fingerprint density at radius 1 is 1.12 bits per heavy atom. The van der Waals surface area contributed by atoms with Crippen LogP contribution in [0.1, 0.15) is 30.9 Å². The second-order valence-corrected chi connectivity index (χ2v) is 6.26. The van der Waals surface area contributed by atoms with E-state index in [0.717, 1.165) is 44.6 Å². The van der Waals surface area contributed by atoms with Crippen molar-refractivity contribution in [2.24, 2.45) is 5.92 Å². The summed E-state index contributed by atoms with van der Waals surface area (Å²) < 4.78 is 36.3. The van der Waals surface area contributed by atoms with Gasteiger partial charge in [0.2, 0.25) is 0 Å². The Bertz CT molecular complexity index is 567. The molecule has 2 heterocycles. The van der Waals surface area contributed by atoms with Gasteiger partial charge in [-0.3, -0.25) is 4.90 Å². The first-order chi connectivity index (χ1) is 10.6. The number of alkyl halides is 2. The van der Waals surface area contributed by atoms with Gasteiger partial charge >= 0.3 is 6.29 Å². The Balaban J connectivity index is 0.00000104. The molecule has 1 atom stereocenters. The van der Waals surface area contributed by atoms with Crippen molar-refractivity contribution in [1.82, 2.24) is 10.2 Å². The van der Waals surface area contributed by atoms with Crippen molar-refractivity contribution in [2.45, 2.75) is 31.6 Å². The summed E-state index contributed by atoms with van der Waals surface area (Å²) in [6.07, 6.45) is -0.0348. The van der Waals surface area contributed by atoms with E-state index >= 15 is 0 Å². The van der Waals surface area contributed by atoms with Crippen LogP contribution in [0.3, 0.4) is 0 Å². The maximum absolute atomic E-state index is 13.5. The van der Waals surface area contributed by atoms with Gasteiger partial charge in [-0.15, -0.1) is 33.6 Å². The number of nitrogens with zero attached hydrogens (tertiary/aromatic N) is 1. The van der Waals surface area contributed by atoms with E-state index in [9.17, 15) is 8.78 Å². The Labute approximate surface area is 152 Å². The fraction of sp³-hybridized carbons (Fsp3) is 0.625. The van der Waals surface area contributed by atoms with Gasteiger partial charge in [-0.05, 0) is 24.8 Å². The van der Waals surface area contributed by atoms with E-state index in [4.69, 9.17) is 4.74 Å². The zero-order valence-electron chi connectivity index (χ0n) is 13.2. The topological polar surface area (TPSA) is 33.7 Å². The molecule has 2 fully saturated rings. The van der Waals surface area contributed by atoms with E-state index in [1.54, 1.807) is 12.1 Å². The van der Waals surface area contributed by atoms with E-state index in [2.05, 4.69) is 15.0 Å². The summed E-state index contributed by atoms with van der Waals surface area (Å²) >= 11 is 0. The molecule has 1 N–H and O–H groups in total. The second-order valence-electron chi connectivity index (χ2n) is 6.26. The van der Waals surface area contributed by atoms with Gasteiger partial charge in [0.05, 0.1) is 0 Å². The molecule has 1 aliphatic carbocycles. The molecular formula is C16H22Cl2F2N2O2. The van der Waals surface area contributed by atoms with E-state index < -0.39 is 6.29 Å². The predicted molar refractivity (Wildman–Crippen MR) is 91.7 cm³/mol. The maximum atomic E-state index is 13.5. The highest BCUT2D eigenvalue weighted by Crippen LogP contribution is 2.50. The van der Waals surface area contributed by atoms with Gasteiger partial charge in [-0.25, -0.2) is 0 Å². The highest BCUT2D eigenvalue weighted by molar-refractivity contribution is 5.85. The van der Waals surface area contributed by atoms with Crippen molar-refractivity contribution in [3.05, 3.63) is 23.8 Å². The van der Waals surface area contributed by atoms with Crippen molar-refractivity contribution in [3.8, 4) is 11.5 Å². The molecule has 1 saturated heterocycles. The van der Waals surface area contributed by atoms with Crippen molar-refractivity contribution >= 4 is 24.8 Å². The standard InChI is InChI=1S/C16H20F2N2O2.2ClH/c17-16(18)21-13-6-2-5-12(15(13)22-16)14(11-3-1-4-11)20-9-7-19-8-10-20;;/h2,5-6,11,14,19H,1,3-4,7-10H2;2*1H/t14-;;/m1../s1. The van der Waals surface area contributed by atoms with E-state index in [1.807, 2.05) is 6.07 Å². The Hall–Kier alpha value is -0.820. The predicted octanol–water partition coefficient (Wildman–Crippen LogP) is 3.60. The largest absolute Gasteiger partial charge is 0.586 e. The SMILES string of the molecule is Cl.Cl.FC1(F)Oc2cccc([C@@H](C3CCC3)N3CCNCC3)c2O1. The third-order valence-electron chi connectivity index (χ3n) is 4.92. The first-order valence-electron chi connectivity index (χ1n) is 7.97. The average molecular weight is 383 g/mol. The number of para-hydroxylation sites is 1.